The minimum atomic E-state index is -1.88. The van der Waals surface area contributed by atoms with Crippen LogP contribution in [0.2, 0.25) is 0 Å². The molecule has 19 amide bonds. The molecule has 1 aliphatic rings. The van der Waals surface area contributed by atoms with Gasteiger partial charge in [-0.25, -0.2) is 9.78 Å². The van der Waals surface area contributed by atoms with Crippen molar-refractivity contribution < 1.29 is 126 Å². The first-order valence-electron chi connectivity index (χ1n) is 47.8. The number of aliphatic hydroxyl groups is 3. The molecular formula is C90H155N23O26S. The van der Waals surface area contributed by atoms with Crippen molar-refractivity contribution in [2.24, 2.45) is 64.5 Å². The van der Waals surface area contributed by atoms with Crippen LogP contribution in [0.1, 0.15) is 220 Å². The average Bonchev–Trinajstić information content (AvgIpc) is 1.66. The van der Waals surface area contributed by atoms with Gasteiger partial charge in [0, 0.05) is 43.5 Å². The number of carboxylic acids is 2. The second-order valence-corrected chi connectivity index (χ2v) is 37.5. The summed E-state index contributed by atoms with van der Waals surface area (Å²) in [7, 11) is 0. The molecule has 0 aliphatic carbocycles. The maximum Gasteiger partial charge on any atom is 0.326 e. The minimum absolute atomic E-state index is 0.0249. The summed E-state index contributed by atoms with van der Waals surface area (Å²) < 4.78 is 0. The standard InChI is InChI=1S/C90H155N23O26S/c1-18-47(13)69(83(131)95-37-65(118)107-67(45(9)10)84(132)101-58(34-44(7)8)78(126)100-56(90(138)139)27-29-64(93)117)110-81(129)62(41-140)106-88(136)72(50(16)21-4)112-85(133)68(46(11)12)108-76(124)55(28-30-66(119)120)99-75(123)54(25-22-23-31-91)98-77(125)57(33-43(5)6)102-86(134)71(49(15)20-3)111-80(128)61(40-116)104-79(127)60(39-115)105-82(130)63-26-24-32-113(63)89(137)59(35-52-36-94-42-96-52)103-87(135)70(48(14)19-2)109-73(121)51(17)97-74(122)53(92)38-114/h36,42-51,53-63,67-72,114-116,140H,18-35,37-41,91-92H2,1-17H3,(H2,93,117)(H,94,96)(H,95,131)(H,97,122)(H,98,125)(H,99,123)(H,100,126)(H,101,132)(H,102,134)(H,103,135)(H,104,127)(H,105,130)(H,106,136)(H,107,118)(H,108,124)(H,109,121)(H,110,129)(H,111,128)(H,112,133)(H,119,120)(H,138,139)/t47-,48-,49-,50-,51-,53-,54-,55-,56-,57-,58-,59-,60-,61-,62-,63-,67-,68-,69-,70-,71-,72-/m0/s1. The summed E-state index contributed by atoms with van der Waals surface area (Å²) in [6, 6.07) is -26.5. The number of rotatable bonds is 66. The van der Waals surface area contributed by atoms with E-state index >= 15 is 0 Å². The SMILES string of the molecule is CC[C@H](C)[C@H](NC(=O)[C@H](C)NC(=O)[C@@H](N)CO)C(=O)N[C@@H](Cc1cnc[nH]1)C(=O)N1CCC[C@H]1C(=O)N[C@@H](CO)C(=O)N[C@@H](CO)C(=O)N[C@H](C(=O)N[C@@H](CC(C)C)C(=O)N[C@@H](CCCCN)C(=O)N[C@@H](CCC(=O)O)C(=O)N[C@H](C(=O)N[C@H](C(=O)N[C@@H](CS)C(=O)N[C@H](C(=O)NCC(=O)N[C@H](C(=O)N[C@@H](CC(C)C)C(=O)N[C@@H](CCC(N)=O)C(=O)O)C(C)C)[C@@H](C)CC)[C@@H](C)CC)C(C)C)[C@@H](C)CC. The van der Waals surface area contributed by atoms with Crippen LogP contribution in [0.3, 0.4) is 0 Å². The molecule has 0 bridgehead atoms. The third kappa shape index (κ3) is 42.0. The molecular weight excluding hydrogens is 1850 g/mol. The van der Waals surface area contributed by atoms with Crippen LogP contribution in [0.15, 0.2) is 12.5 Å². The third-order valence-corrected chi connectivity index (χ3v) is 24.5. The summed E-state index contributed by atoms with van der Waals surface area (Å²) in [6.45, 7) is 24.2. The zero-order valence-electron chi connectivity index (χ0n) is 83.3. The van der Waals surface area contributed by atoms with E-state index in [1.54, 1.807) is 96.9 Å². The summed E-state index contributed by atoms with van der Waals surface area (Å²) >= 11 is 4.33. The number of imidazole rings is 1. The fraction of sp³-hybridized carbons (Fsp3) is 0.733. The molecule has 0 unspecified atom stereocenters. The Bertz CT molecular complexity index is 4300. The van der Waals surface area contributed by atoms with E-state index in [1.807, 2.05) is 0 Å². The number of aromatic amines is 1. The number of thiol groups is 1. The highest BCUT2D eigenvalue weighted by atomic mass is 32.1. The van der Waals surface area contributed by atoms with E-state index in [0.717, 1.165) is 4.90 Å². The fourth-order valence-electron chi connectivity index (χ4n) is 14.7. The highest BCUT2D eigenvalue weighted by Crippen LogP contribution is 2.23. The van der Waals surface area contributed by atoms with Gasteiger partial charge in [-0.2, -0.15) is 12.6 Å². The number of unbranched alkanes of at least 4 members (excludes halogenated alkanes) is 1. The molecule has 0 aromatic carbocycles. The number of hydrogen-bond donors (Lipinski definition) is 27. The van der Waals surface area contributed by atoms with E-state index in [9.17, 15) is 126 Å². The predicted molar refractivity (Wildman–Crippen MR) is 512 cm³/mol. The topological polar surface area (TPSA) is 774 Å². The molecule has 49 nitrogen and oxygen atoms in total. The Balaban J connectivity index is 2.40. The number of carbonyl (C=O) groups excluding carboxylic acids is 19. The van der Waals surface area contributed by atoms with Crippen molar-refractivity contribution in [3.8, 4) is 0 Å². The molecule has 0 spiro atoms. The average molecular weight is 2010 g/mol. The van der Waals surface area contributed by atoms with Crippen LogP contribution in [0.5, 0.6) is 0 Å². The maximum absolute atomic E-state index is 14.7. The zero-order valence-corrected chi connectivity index (χ0v) is 84.2. The lowest BCUT2D eigenvalue weighted by atomic mass is 9.95. The van der Waals surface area contributed by atoms with Crippen LogP contribution in [0.4, 0.5) is 0 Å². The molecule has 2 heterocycles. The summed E-state index contributed by atoms with van der Waals surface area (Å²) in [5, 5.41) is 93.1. The molecule has 1 saturated heterocycles. The van der Waals surface area contributed by atoms with Crippen LogP contribution in [0.25, 0.3) is 0 Å². The number of aromatic nitrogens is 2. The number of nitrogens with zero attached hydrogens (tertiary/aromatic N) is 2. The molecule has 1 aromatic rings. The Morgan fingerprint density at radius 3 is 1.26 bits per heavy atom. The van der Waals surface area contributed by atoms with Crippen molar-refractivity contribution in [3.05, 3.63) is 18.2 Å². The van der Waals surface area contributed by atoms with Crippen LogP contribution in [0, 0.1) is 47.3 Å². The second-order valence-electron chi connectivity index (χ2n) is 37.1. The van der Waals surface area contributed by atoms with Gasteiger partial charge in [-0.15, -0.1) is 0 Å². The Kier molecular flexibility index (Phi) is 56.0. The van der Waals surface area contributed by atoms with Gasteiger partial charge >= 0.3 is 11.9 Å². The number of carboxylic acid groups (broad SMARTS) is 2. The number of carbonyl (C=O) groups is 21. The molecule has 22 atom stereocenters. The first kappa shape index (κ1) is 124. The number of aliphatic hydroxyl groups excluding tert-OH is 3. The van der Waals surface area contributed by atoms with Gasteiger partial charge in [-0.05, 0) is 119 Å². The monoisotopic (exact) mass is 2010 g/mol. The molecule has 2 rings (SSSR count). The van der Waals surface area contributed by atoms with Gasteiger partial charge in [-0.1, -0.05) is 136 Å². The van der Waals surface area contributed by atoms with E-state index in [-0.39, 0.29) is 101 Å². The Morgan fingerprint density at radius 2 is 0.821 bits per heavy atom. The van der Waals surface area contributed by atoms with E-state index in [2.05, 4.69) is 113 Å². The summed E-state index contributed by atoms with van der Waals surface area (Å²) in [5.41, 5.74) is 17.0. The molecule has 0 saturated carbocycles. The molecule has 1 fully saturated rings. The van der Waals surface area contributed by atoms with Gasteiger partial charge < -0.3 is 143 Å². The van der Waals surface area contributed by atoms with Crippen LogP contribution < -0.4 is 108 Å². The number of H-pyrrole nitrogens is 1. The number of hydrogen-bond acceptors (Lipinski definition) is 28. The van der Waals surface area contributed by atoms with E-state index in [1.165, 1.54) is 33.3 Å². The number of likely N-dealkylation sites (tertiary alicyclic amines) is 1. The molecule has 0 radical (unpaired) electrons. The third-order valence-electron chi connectivity index (χ3n) is 24.1. The fourth-order valence-corrected chi connectivity index (χ4v) is 14.9. The Labute approximate surface area is 821 Å². The molecule has 1 aliphatic heterocycles. The lowest BCUT2D eigenvalue weighted by molar-refractivity contribution is -0.143. The molecule has 50 heteroatoms. The molecule has 792 valence electrons. The first-order valence-corrected chi connectivity index (χ1v) is 48.4. The Hall–Kier alpha value is -11.8. The quantitative estimate of drug-likeness (QED) is 0.0213. The molecule has 140 heavy (non-hydrogen) atoms. The van der Waals surface area contributed by atoms with Gasteiger partial charge in [0.05, 0.1) is 32.7 Å². The predicted octanol–water partition coefficient (Wildman–Crippen LogP) is -6.00. The lowest BCUT2D eigenvalue weighted by Gasteiger charge is -2.31. The van der Waals surface area contributed by atoms with Crippen molar-refractivity contribution in [3.63, 3.8) is 0 Å². The van der Waals surface area contributed by atoms with Crippen molar-refractivity contribution in [1.29, 1.82) is 0 Å². The molecule has 29 N–H and O–H groups in total. The lowest BCUT2D eigenvalue weighted by Crippen LogP contribution is -2.62. The minimum Gasteiger partial charge on any atom is -0.481 e. The number of aliphatic carboxylic acids is 2. The van der Waals surface area contributed by atoms with E-state index < -0.39 is 308 Å². The number of nitrogens with one attached hydrogen (secondary N) is 18. The summed E-state index contributed by atoms with van der Waals surface area (Å²) in [5.74, 6) is -25.4. The smallest absolute Gasteiger partial charge is 0.326 e. The zero-order chi connectivity index (χ0) is 106. The summed E-state index contributed by atoms with van der Waals surface area (Å²) in [4.78, 5) is 297. The number of primary amides is 1. The normalized spacial score (nSPS) is 17.0. The largest absolute Gasteiger partial charge is 0.481 e. The van der Waals surface area contributed by atoms with Crippen molar-refractivity contribution in [2.45, 2.75) is 329 Å². The Morgan fingerprint density at radius 1 is 0.436 bits per heavy atom. The number of nitrogens with two attached hydrogens (primary N) is 3. The van der Waals surface area contributed by atoms with Gasteiger partial charge in [0.25, 0.3) is 0 Å². The highest BCUT2D eigenvalue weighted by molar-refractivity contribution is 7.80. The van der Waals surface area contributed by atoms with Gasteiger partial charge in [0.1, 0.15) is 109 Å². The number of amides is 19. The van der Waals surface area contributed by atoms with Crippen LogP contribution >= 0.6 is 12.6 Å². The van der Waals surface area contributed by atoms with Crippen molar-refractivity contribution >= 4 is 137 Å². The van der Waals surface area contributed by atoms with Crippen molar-refractivity contribution in [2.75, 3.05) is 45.2 Å². The van der Waals surface area contributed by atoms with Crippen LogP contribution in [-0.2, 0) is 107 Å². The highest BCUT2D eigenvalue weighted by Gasteiger charge is 2.44. The molecule has 1 aromatic heterocycles. The first-order chi connectivity index (χ1) is 65.7. The maximum atomic E-state index is 14.7. The second kappa shape index (κ2) is 63.1. The van der Waals surface area contributed by atoms with E-state index in [4.69, 9.17) is 17.2 Å². The van der Waals surface area contributed by atoms with Gasteiger partial charge in [0.15, 0.2) is 0 Å². The van der Waals surface area contributed by atoms with Gasteiger partial charge in [0.2, 0.25) is 112 Å². The van der Waals surface area contributed by atoms with Crippen molar-refractivity contribution in [1.82, 2.24) is 105 Å². The van der Waals surface area contributed by atoms with Crippen LogP contribution in [-0.4, -0.2) is 319 Å². The van der Waals surface area contributed by atoms with Gasteiger partial charge in [-0.3, -0.25) is 95.9 Å². The summed E-state index contributed by atoms with van der Waals surface area (Å²) in [6.07, 6.45) is 2.14. The van der Waals surface area contributed by atoms with E-state index in [0.29, 0.717) is 25.0 Å².